The number of methoxy groups -OCH3 is 1. The van der Waals surface area contributed by atoms with Crippen molar-refractivity contribution in [2.75, 3.05) is 26.8 Å². The number of rotatable bonds is 10. The number of nitrogens with zero attached hydrogens (tertiary/aromatic N) is 4. The van der Waals surface area contributed by atoms with Crippen molar-refractivity contribution in [2.45, 2.75) is 38.1 Å². The van der Waals surface area contributed by atoms with Crippen molar-refractivity contribution in [3.05, 3.63) is 82.8 Å². The number of benzene rings is 2. The van der Waals surface area contributed by atoms with Crippen molar-refractivity contribution in [1.29, 1.82) is 0 Å². The standard InChI is InChI=1S/C31H30F2N4O5/c1-40-26-10-18(31(38)39)9-25-30(26)35-27(37(25)12-20-7-8-41-20)15-36-13-21-22(14-36)29(21)24-3-2-4-28(34-24)42-16-17-5-6-19(32)11-23(17)33/h2-6,9-11,20-22,29H,7-8,12-16H2,1H3,(H,38,39)/t20-,21-,22+,29?/m0/s1. The minimum atomic E-state index is -1.01. The van der Waals surface area contributed by atoms with Gasteiger partial charge in [0.2, 0.25) is 5.88 Å². The molecule has 1 N–H and O–H groups in total. The van der Waals surface area contributed by atoms with E-state index in [2.05, 4.69) is 9.47 Å². The second-order valence-electron chi connectivity index (χ2n) is 11.2. The van der Waals surface area contributed by atoms with Gasteiger partial charge in [-0.05, 0) is 48.6 Å². The van der Waals surface area contributed by atoms with Gasteiger partial charge in [0.15, 0.2) is 0 Å². The molecular formula is C31H30F2N4O5. The first kappa shape index (κ1) is 26.8. The molecule has 4 atom stereocenters. The molecule has 4 aromatic rings. The summed E-state index contributed by atoms with van der Waals surface area (Å²) in [6, 6.07) is 12.3. The first-order valence-electron chi connectivity index (χ1n) is 14.1. The summed E-state index contributed by atoms with van der Waals surface area (Å²) in [5.41, 5.74) is 2.78. The van der Waals surface area contributed by atoms with Crippen LogP contribution in [0.3, 0.4) is 0 Å². The smallest absolute Gasteiger partial charge is 0.335 e. The molecule has 3 fully saturated rings. The second-order valence-corrected chi connectivity index (χ2v) is 11.2. The number of carboxylic acids is 1. The normalized spacial score (nSPS) is 23.0. The SMILES string of the molecule is COc1cc(C(=O)O)cc2c1nc(CN1C[C@@H]3C(c4cccc(OCc5ccc(F)cc5F)n4)[C@@H]3C1)n2C[C@@H]1CCO1. The average molecular weight is 577 g/mol. The van der Waals surface area contributed by atoms with Gasteiger partial charge >= 0.3 is 5.97 Å². The van der Waals surface area contributed by atoms with Crippen molar-refractivity contribution in [3.63, 3.8) is 0 Å². The molecule has 1 unspecified atom stereocenters. The highest BCUT2D eigenvalue weighted by Gasteiger charge is 2.57. The van der Waals surface area contributed by atoms with Crippen LogP contribution in [0.15, 0.2) is 48.5 Å². The summed E-state index contributed by atoms with van der Waals surface area (Å²) in [5, 5.41) is 9.64. The highest BCUT2D eigenvalue weighted by atomic mass is 19.1. The molecule has 0 spiro atoms. The summed E-state index contributed by atoms with van der Waals surface area (Å²) in [6.45, 7) is 3.73. The third-order valence-corrected chi connectivity index (χ3v) is 8.66. The predicted molar refractivity (Wildman–Crippen MR) is 148 cm³/mol. The van der Waals surface area contributed by atoms with Crippen molar-refractivity contribution in [2.24, 2.45) is 11.8 Å². The minimum Gasteiger partial charge on any atom is -0.494 e. The molecule has 0 amide bonds. The monoisotopic (exact) mass is 576 g/mol. The Labute approximate surface area is 240 Å². The van der Waals surface area contributed by atoms with Crippen LogP contribution in [0.25, 0.3) is 11.0 Å². The number of ether oxygens (including phenoxy) is 3. The van der Waals surface area contributed by atoms with Crippen molar-refractivity contribution in [1.82, 2.24) is 19.4 Å². The van der Waals surface area contributed by atoms with E-state index in [9.17, 15) is 18.7 Å². The molecule has 11 heteroatoms. The number of aromatic carboxylic acids is 1. The van der Waals surface area contributed by atoms with Crippen LogP contribution in [0.5, 0.6) is 11.6 Å². The number of halogens is 2. The number of imidazole rings is 1. The number of hydrogen-bond donors (Lipinski definition) is 1. The zero-order valence-corrected chi connectivity index (χ0v) is 23.0. The lowest BCUT2D eigenvalue weighted by Gasteiger charge is -2.28. The van der Waals surface area contributed by atoms with Gasteiger partial charge in [-0.3, -0.25) is 4.90 Å². The summed E-state index contributed by atoms with van der Waals surface area (Å²) < 4.78 is 46.2. The Kier molecular flexibility index (Phi) is 6.78. The van der Waals surface area contributed by atoms with Crippen LogP contribution >= 0.6 is 0 Å². The fourth-order valence-electron chi connectivity index (χ4n) is 6.34. The number of hydrogen-bond acceptors (Lipinski definition) is 7. The zero-order valence-electron chi connectivity index (χ0n) is 23.0. The first-order valence-corrected chi connectivity index (χ1v) is 14.1. The van der Waals surface area contributed by atoms with E-state index in [0.29, 0.717) is 48.0 Å². The van der Waals surface area contributed by atoms with Gasteiger partial charge in [-0.25, -0.2) is 23.5 Å². The molecule has 7 rings (SSSR count). The fraction of sp³-hybridized carbons (Fsp3) is 0.387. The Morgan fingerprint density at radius 2 is 1.93 bits per heavy atom. The molecule has 1 saturated carbocycles. The van der Waals surface area contributed by atoms with Crippen LogP contribution in [0.1, 0.15) is 39.8 Å². The minimum absolute atomic E-state index is 0.0283. The lowest BCUT2D eigenvalue weighted by atomic mass is 10.1. The highest BCUT2D eigenvalue weighted by molar-refractivity contribution is 5.95. The predicted octanol–water partition coefficient (Wildman–Crippen LogP) is 4.63. The van der Waals surface area contributed by atoms with Gasteiger partial charge in [0.05, 0.1) is 37.4 Å². The number of likely N-dealkylation sites (tertiary alicyclic amines) is 1. The van der Waals surface area contributed by atoms with Crippen LogP contribution in [0.4, 0.5) is 8.78 Å². The Hall–Kier alpha value is -4.09. The molecule has 1 aliphatic carbocycles. The largest absolute Gasteiger partial charge is 0.494 e. The van der Waals surface area contributed by atoms with E-state index in [4.69, 9.17) is 24.2 Å². The summed E-state index contributed by atoms with van der Waals surface area (Å²) in [6.07, 6.45) is 1.04. The van der Waals surface area contributed by atoms with Crippen molar-refractivity contribution >= 4 is 17.0 Å². The van der Waals surface area contributed by atoms with Gasteiger partial charge in [-0.15, -0.1) is 0 Å². The number of pyridine rings is 1. The number of fused-ring (bicyclic) bond motifs is 2. The molecule has 0 radical (unpaired) electrons. The van der Waals surface area contributed by atoms with Crippen molar-refractivity contribution < 1.29 is 32.9 Å². The lowest BCUT2D eigenvalue weighted by molar-refractivity contribution is -0.0591. The Morgan fingerprint density at radius 1 is 1.12 bits per heavy atom. The first-order chi connectivity index (χ1) is 20.4. The van der Waals surface area contributed by atoms with Crippen LogP contribution in [0, 0.1) is 23.5 Å². The third-order valence-electron chi connectivity index (χ3n) is 8.66. The van der Waals surface area contributed by atoms with E-state index >= 15 is 0 Å². The van der Waals surface area contributed by atoms with Crippen LogP contribution in [-0.2, 0) is 24.4 Å². The Bertz CT molecular complexity index is 1660. The Morgan fingerprint density at radius 3 is 2.62 bits per heavy atom. The number of carboxylic acid groups (broad SMARTS) is 1. The van der Waals surface area contributed by atoms with Gasteiger partial charge in [-0.1, -0.05) is 6.07 Å². The maximum absolute atomic E-state index is 14.0. The highest BCUT2D eigenvalue weighted by Crippen LogP contribution is 2.58. The van der Waals surface area contributed by atoms with E-state index < -0.39 is 17.6 Å². The molecular weight excluding hydrogens is 546 g/mol. The fourth-order valence-corrected chi connectivity index (χ4v) is 6.34. The van der Waals surface area contributed by atoms with E-state index in [1.807, 2.05) is 12.1 Å². The molecule has 2 saturated heterocycles. The molecule has 2 aromatic carbocycles. The van der Waals surface area contributed by atoms with Crippen LogP contribution in [0.2, 0.25) is 0 Å². The third kappa shape index (κ3) is 4.96. The molecule has 0 bridgehead atoms. The van der Waals surface area contributed by atoms with E-state index in [-0.39, 0.29) is 23.8 Å². The molecule has 3 aliphatic rings. The lowest BCUT2D eigenvalue weighted by Crippen LogP contribution is -2.33. The molecule has 218 valence electrons. The molecule has 2 aromatic heterocycles. The van der Waals surface area contributed by atoms with Gasteiger partial charge in [-0.2, -0.15) is 0 Å². The van der Waals surface area contributed by atoms with Crippen LogP contribution < -0.4 is 9.47 Å². The van der Waals surface area contributed by atoms with Gasteiger partial charge < -0.3 is 23.9 Å². The maximum atomic E-state index is 14.0. The van der Waals surface area contributed by atoms with Crippen molar-refractivity contribution in [3.8, 4) is 11.6 Å². The van der Waals surface area contributed by atoms with E-state index in [1.165, 1.54) is 25.3 Å². The molecule has 9 nitrogen and oxygen atoms in total. The summed E-state index contributed by atoms with van der Waals surface area (Å²) in [7, 11) is 1.53. The molecule has 2 aliphatic heterocycles. The second kappa shape index (κ2) is 10.6. The summed E-state index contributed by atoms with van der Waals surface area (Å²) in [5.74, 6) is 0.694. The van der Waals surface area contributed by atoms with Gasteiger partial charge in [0, 0.05) is 49.0 Å². The topological polar surface area (TPSA) is 98.9 Å². The molecule has 4 heterocycles. The number of carbonyl (C=O) groups is 1. The number of piperidine rings is 1. The van der Waals surface area contributed by atoms with E-state index in [0.717, 1.165) is 49.2 Å². The van der Waals surface area contributed by atoms with Gasteiger partial charge in [0.25, 0.3) is 0 Å². The maximum Gasteiger partial charge on any atom is 0.335 e. The Balaban J connectivity index is 1.05. The zero-order chi connectivity index (χ0) is 29.0. The van der Waals surface area contributed by atoms with Gasteiger partial charge in [0.1, 0.15) is 35.3 Å². The quantitative estimate of drug-likeness (QED) is 0.292. The molecule has 42 heavy (non-hydrogen) atoms. The number of aromatic nitrogens is 3. The summed E-state index contributed by atoms with van der Waals surface area (Å²) >= 11 is 0. The summed E-state index contributed by atoms with van der Waals surface area (Å²) in [4.78, 5) is 23.8. The van der Waals surface area contributed by atoms with E-state index in [1.54, 1.807) is 12.1 Å². The van der Waals surface area contributed by atoms with Crippen LogP contribution in [-0.4, -0.2) is 63.4 Å². The average Bonchev–Trinajstić information content (AvgIpc) is 3.26.